The first-order valence-corrected chi connectivity index (χ1v) is 7.22. The summed E-state index contributed by atoms with van der Waals surface area (Å²) in [5.41, 5.74) is 1.55. The van der Waals surface area contributed by atoms with E-state index in [1.807, 2.05) is 20.8 Å². The normalized spacial score (nSPS) is 18.4. The van der Waals surface area contributed by atoms with Crippen LogP contribution in [0.25, 0.3) is 11.3 Å². The Bertz CT molecular complexity index is 910. The van der Waals surface area contributed by atoms with E-state index in [-0.39, 0.29) is 5.56 Å². The van der Waals surface area contributed by atoms with Crippen molar-refractivity contribution >= 4 is 0 Å². The van der Waals surface area contributed by atoms with Gasteiger partial charge < -0.3 is 0 Å². The van der Waals surface area contributed by atoms with Crippen molar-refractivity contribution in [1.82, 2.24) is 0 Å². The molecule has 0 aliphatic rings. The van der Waals surface area contributed by atoms with E-state index in [2.05, 4.69) is 0 Å². The molecule has 1 nitrogen and oxygen atoms in total. The second kappa shape index (κ2) is 5.83. The predicted octanol–water partition coefficient (Wildman–Crippen LogP) is 5.05. The summed E-state index contributed by atoms with van der Waals surface area (Å²) in [6.45, 7) is 1.06. The fourth-order valence-electron chi connectivity index (χ4n) is 2.64. The van der Waals surface area contributed by atoms with Crippen LogP contribution in [0, 0.1) is 12.7 Å². The van der Waals surface area contributed by atoms with Gasteiger partial charge in [-0.05, 0) is 47.6 Å². The van der Waals surface area contributed by atoms with Crippen LogP contribution in [0.1, 0.15) is 66.7 Å². The van der Waals surface area contributed by atoms with E-state index in [4.69, 9.17) is 9.60 Å². The molecule has 2 rings (SSSR count). The number of benzene rings is 1. The molecular formula is C20H27FN+. The van der Waals surface area contributed by atoms with E-state index < -0.39 is 30.8 Å². The van der Waals surface area contributed by atoms with Gasteiger partial charge in [-0.2, -0.15) is 0 Å². The molecule has 0 bridgehead atoms. The van der Waals surface area contributed by atoms with Crippen LogP contribution in [-0.2, 0) is 12.5 Å². The van der Waals surface area contributed by atoms with Crippen molar-refractivity contribution in [1.29, 1.82) is 0 Å². The Labute approximate surface area is 143 Å². The molecular weight excluding hydrogens is 273 g/mol. The Balaban J connectivity index is 2.99. The lowest BCUT2D eigenvalue weighted by Gasteiger charge is -2.23. The molecule has 0 atom stereocenters. The van der Waals surface area contributed by atoms with Crippen molar-refractivity contribution in [2.75, 3.05) is 0 Å². The second-order valence-corrected chi connectivity index (χ2v) is 6.68. The fourth-order valence-corrected chi connectivity index (χ4v) is 2.64. The Morgan fingerprint density at radius 3 is 2.45 bits per heavy atom. The van der Waals surface area contributed by atoms with Gasteiger partial charge in [-0.15, -0.1) is 0 Å². The molecule has 1 heterocycles. The van der Waals surface area contributed by atoms with Crippen molar-refractivity contribution in [3.05, 3.63) is 53.0 Å². The molecule has 0 unspecified atom stereocenters. The third-order valence-electron chi connectivity index (χ3n) is 3.82. The molecule has 0 aliphatic heterocycles. The Hall–Kier alpha value is -1.70. The summed E-state index contributed by atoms with van der Waals surface area (Å²) in [7, 11) is 1.76. The molecule has 0 fully saturated rings. The number of hydrogen-bond acceptors (Lipinski definition) is 0. The lowest BCUT2D eigenvalue weighted by molar-refractivity contribution is -0.661. The standard InChI is InChI=1S/C20H27FN/c1-13(2)17-11-19(16-9-8-15(21)10-14(16)3)22(7)12-18(17)20(4,5)6/h8-13H,1-7H3/q+1/i1D3,2D3,13D. The van der Waals surface area contributed by atoms with Crippen LogP contribution >= 0.6 is 0 Å². The van der Waals surface area contributed by atoms with Crippen LogP contribution in [0.4, 0.5) is 4.39 Å². The van der Waals surface area contributed by atoms with Gasteiger partial charge in [-0.1, -0.05) is 34.5 Å². The first-order chi connectivity index (χ1) is 12.9. The number of halogens is 1. The van der Waals surface area contributed by atoms with Crippen LogP contribution in [0.15, 0.2) is 30.5 Å². The SMILES string of the molecule is [2H]C([2H])([2H])C([2H])(c1cc(-c2ccc(F)cc2C)[n+](C)cc1C(C)(C)C)C([2H])([2H])[2H]. The molecule has 0 saturated heterocycles. The average Bonchev–Trinajstić information content (AvgIpc) is 2.51. The summed E-state index contributed by atoms with van der Waals surface area (Å²) >= 11 is 0. The van der Waals surface area contributed by atoms with Crippen LogP contribution in [0.2, 0.25) is 0 Å². The van der Waals surface area contributed by atoms with Crippen LogP contribution in [0.5, 0.6) is 0 Å². The maximum atomic E-state index is 13.6. The predicted molar refractivity (Wildman–Crippen MR) is 90.5 cm³/mol. The largest absolute Gasteiger partial charge is 0.212 e. The van der Waals surface area contributed by atoms with E-state index in [1.54, 1.807) is 30.8 Å². The second-order valence-electron chi connectivity index (χ2n) is 6.68. The summed E-state index contributed by atoms with van der Waals surface area (Å²) in [6, 6.07) is 5.68. The summed E-state index contributed by atoms with van der Waals surface area (Å²) in [6.07, 6.45) is 1.67. The topological polar surface area (TPSA) is 3.88 Å². The van der Waals surface area contributed by atoms with E-state index in [1.165, 1.54) is 18.2 Å². The molecule has 1 aromatic carbocycles. The quantitative estimate of drug-likeness (QED) is 0.684. The Morgan fingerprint density at radius 1 is 1.23 bits per heavy atom. The number of pyridine rings is 1. The number of hydrogen-bond donors (Lipinski definition) is 0. The molecule has 0 N–H and O–H groups in total. The highest BCUT2D eigenvalue weighted by molar-refractivity contribution is 5.62. The van der Waals surface area contributed by atoms with Gasteiger partial charge in [0.2, 0.25) is 5.69 Å². The molecule has 0 spiro atoms. The maximum absolute atomic E-state index is 13.6. The summed E-state index contributed by atoms with van der Waals surface area (Å²) in [4.78, 5) is 0. The van der Waals surface area contributed by atoms with Gasteiger partial charge in [0.25, 0.3) is 0 Å². The molecule has 0 radical (unpaired) electrons. The highest BCUT2D eigenvalue weighted by atomic mass is 19.1. The summed E-state index contributed by atoms with van der Waals surface area (Å²) < 4.78 is 71.5. The van der Waals surface area contributed by atoms with E-state index in [0.717, 1.165) is 0 Å². The third-order valence-corrected chi connectivity index (χ3v) is 3.82. The van der Waals surface area contributed by atoms with Gasteiger partial charge in [-0.3, -0.25) is 0 Å². The molecule has 2 aromatic rings. The molecule has 118 valence electrons. The number of aryl methyl sites for hydroxylation is 2. The molecule has 0 aliphatic carbocycles. The van der Waals surface area contributed by atoms with Gasteiger partial charge in [-0.25, -0.2) is 8.96 Å². The van der Waals surface area contributed by atoms with Gasteiger partial charge in [0, 0.05) is 26.8 Å². The van der Waals surface area contributed by atoms with Crippen LogP contribution in [-0.4, -0.2) is 0 Å². The van der Waals surface area contributed by atoms with Crippen molar-refractivity contribution < 1.29 is 18.6 Å². The number of aromatic nitrogens is 1. The lowest BCUT2D eigenvalue weighted by Crippen LogP contribution is -2.34. The third kappa shape index (κ3) is 3.21. The zero-order chi connectivity index (χ0) is 22.6. The summed E-state index contributed by atoms with van der Waals surface area (Å²) in [5, 5.41) is 0. The van der Waals surface area contributed by atoms with Crippen LogP contribution < -0.4 is 4.57 Å². The zero-order valence-electron chi connectivity index (χ0n) is 20.7. The minimum Gasteiger partial charge on any atom is -0.207 e. The van der Waals surface area contributed by atoms with Gasteiger partial charge in [0.05, 0.1) is 0 Å². The summed E-state index contributed by atoms with van der Waals surface area (Å²) in [5.74, 6) is -3.22. The molecule has 0 amide bonds. The highest BCUT2D eigenvalue weighted by Crippen LogP contribution is 2.32. The number of rotatable bonds is 2. The molecule has 22 heavy (non-hydrogen) atoms. The van der Waals surface area contributed by atoms with E-state index >= 15 is 0 Å². The lowest BCUT2D eigenvalue weighted by atomic mass is 9.81. The first-order valence-electron chi connectivity index (χ1n) is 10.7. The maximum Gasteiger partial charge on any atom is 0.212 e. The van der Waals surface area contributed by atoms with Crippen molar-refractivity contribution in [2.45, 2.75) is 52.7 Å². The Morgan fingerprint density at radius 2 is 1.91 bits per heavy atom. The number of nitrogens with zero attached hydrogens (tertiary/aromatic N) is 1. The van der Waals surface area contributed by atoms with Crippen molar-refractivity contribution in [3.8, 4) is 11.3 Å². The van der Waals surface area contributed by atoms with E-state index in [9.17, 15) is 4.39 Å². The smallest absolute Gasteiger partial charge is 0.207 e. The van der Waals surface area contributed by atoms with Gasteiger partial charge in [0.1, 0.15) is 12.9 Å². The minimum atomic E-state index is -3.09. The molecule has 2 heteroatoms. The van der Waals surface area contributed by atoms with Gasteiger partial charge >= 0.3 is 0 Å². The fraction of sp³-hybridized carbons (Fsp3) is 0.450. The zero-order valence-corrected chi connectivity index (χ0v) is 13.7. The molecule has 1 aromatic heterocycles. The average molecular weight is 307 g/mol. The Kier molecular flexibility index (Phi) is 2.50. The first kappa shape index (κ1) is 9.44. The minimum absolute atomic E-state index is 0.0678. The monoisotopic (exact) mass is 307 g/mol. The molecule has 0 saturated carbocycles. The van der Waals surface area contributed by atoms with Crippen molar-refractivity contribution in [2.24, 2.45) is 7.05 Å². The highest BCUT2D eigenvalue weighted by Gasteiger charge is 2.26. The van der Waals surface area contributed by atoms with Crippen molar-refractivity contribution in [3.63, 3.8) is 0 Å². The van der Waals surface area contributed by atoms with Gasteiger partial charge in [0.15, 0.2) is 6.20 Å². The van der Waals surface area contributed by atoms with E-state index in [0.29, 0.717) is 22.4 Å². The van der Waals surface area contributed by atoms with Crippen LogP contribution in [0.3, 0.4) is 0 Å².